The van der Waals surface area contributed by atoms with Crippen LogP contribution in [0.15, 0.2) is 5.38 Å². The van der Waals surface area contributed by atoms with Crippen LogP contribution in [0.2, 0.25) is 0 Å². The monoisotopic (exact) mass is 310 g/mol. The zero-order chi connectivity index (χ0) is 14.7. The molecule has 0 aliphatic heterocycles. The Morgan fingerprint density at radius 2 is 2.10 bits per heavy atom. The van der Waals surface area contributed by atoms with Crippen molar-refractivity contribution in [3.8, 4) is 10.6 Å². The lowest BCUT2D eigenvalue weighted by Gasteiger charge is -2.08. The fraction of sp³-hybridized carbons (Fsp3) is 0.571. The summed E-state index contributed by atoms with van der Waals surface area (Å²) in [6.45, 7) is 7.29. The summed E-state index contributed by atoms with van der Waals surface area (Å²) in [5.74, 6) is 0. The van der Waals surface area contributed by atoms with Crippen molar-refractivity contribution in [1.82, 2.24) is 14.9 Å². The number of hydrogen-bond acceptors (Lipinski definition) is 6. The first-order valence-corrected chi connectivity index (χ1v) is 8.52. The van der Waals surface area contributed by atoms with E-state index in [-0.39, 0.29) is 0 Å². The first-order valence-electron chi connectivity index (χ1n) is 6.83. The van der Waals surface area contributed by atoms with Gasteiger partial charge in [-0.1, -0.05) is 6.92 Å². The molecule has 2 rings (SSSR count). The Hall–Kier alpha value is -0.980. The fourth-order valence-electron chi connectivity index (χ4n) is 1.79. The number of rotatable bonds is 6. The molecule has 0 aliphatic carbocycles. The van der Waals surface area contributed by atoms with Crippen molar-refractivity contribution in [3.05, 3.63) is 16.1 Å². The fourth-order valence-corrected chi connectivity index (χ4v) is 3.82. The lowest BCUT2D eigenvalue weighted by Crippen LogP contribution is -2.12. The smallest absolute Gasteiger partial charge is 0.183 e. The van der Waals surface area contributed by atoms with E-state index in [2.05, 4.69) is 60.4 Å². The van der Waals surface area contributed by atoms with Crippen molar-refractivity contribution in [1.29, 1.82) is 0 Å². The van der Waals surface area contributed by atoms with E-state index in [1.54, 1.807) is 22.7 Å². The predicted octanol–water partition coefficient (Wildman–Crippen LogP) is 3.85. The van der Waals surface area contributed by atoms with Crippen LogP contribution >= 0.6 is 22.7 Å². The highest BCUT2D eigenvalue weighted by molar-refractivity contribution is 7.16. The zero-order valence-electron chi connectivity index (χ0n) is 12.7. The van der Waals surface area contributed by atoms with E-state index in [0.29, 0.717) is 6.04 Å². The highest BCUT2D eigenvalue weighted by Gasteiger charge is 2.14. The second-order valence-corrected chi connectivity index (χ2v) is 7.19. The third kappa shape index (κ3) is 3.77. The SMILES string of the molecule is CCC(C)Nc1nc(-c2sc(CN(C)C)nc2C)cs1. The van der Waals surface area contributed by atoms with Crippen molar-refractivity contribution >= 4 is 27.8 Å². The van der Waals surface area contributed by atoms with Crippen LogP contribution in [0.3, 0.4) is 0 Å². The quantitative estimate of drug-likeness (QED) is 0.880. The molecule has 0 spiro atoms. The molecule has 0 aliphatic rings. The third-order valence-electron chi connectivity index (χ3n) is 3.01. The number of thiazole rings is 2. The van der Waals surface area contributed by atoms with E-state index in [4.69, 9.17) is 0 Å². The van der Waals surface area contributed by atoms with Gasteiger partial charge >= 0.3 is 0 Å². The Morgan fingerprint density at radius 3 is 2.75 bits per heavy atom. The highest BCUT2D eigenvalue weighted by Crippen LogP contribution is 2.32. The first-order chi connectivity index (χ1) is 9.49. The van der Waals surface area contributed by atoms with E-state index in [9.17, 15) is 0 Å². The van der Waals surface area contributed by atoms with Gasteiger partial charge in [-0.2, -0.15) is 0 Å². The van der Waals surface area contributed by atoms with Gasteiger partial charge in [0.05, 0.1) is 16.3 Å². The molecular formula is C14H22N4S2. The van der Waals surface area contributed by atoms with Crippen LogP contribution in [0.25, 0.3) is 10.6 Å². The number of nitrogens with one attached hydrogen (secondary N) is 1. The van der Waals surface area contributed by atoms with Gasteiger partial charge in [-0.15, -0.1) is 22.7 Å². The summed E-state index contributed by atoms with van der Waals surface area (Å²) in [6.07, 6.45) is 1.10. The Balaban J connectivity index is 2.17. The number of anilines is 1. The van der Waals surface area contributed by atoms with E-state index in [1.165, 1.54) is 4.88 Å². The summed E-state index contributed by atoms with van der Waals surface area (Å²) in [4.78, 5) is 12.6. The van der Waals surface area contributed by atoms with E-state index >= 15 is 0 Å². The van der Waals surface area contributed by atoms with Crippen molar-refractivity contribution in [3.63, 3.8) is 0 Å². The van der Waals surface area contributed by atoms with Crippen molar-refractivity contribution < 1.29 is 0 Å². The first kappa shape index (κ1) is 15.4. The molecule has 4 nitrogen and oxygen atoms in total. The predicted molar refractivity (Wildman–Crippen MR) is 88.7 cm³/mol. The number of aromatic nitrogens is 2. The Morgan fingerprint density at radius 1 is 1.35 bits per heavy atom. The molecule has 0 fully saturated rings. The number of hydrogen-bond donors (Lipinski definition) is 1. The molecule has 0 saturated carbocycles. The van der Waals surface area contributed by atoms with Crippen molar-refractivity contribution in [2.45, 2.75) is 39.8 Å². The van der Waals surface area contributed by atoms with Crippen LogP contribution in [0.4, 0.5) is 5.13 Å². The molecular weight excluding hydrogens is 288 g/mol. The molecule has 2 aromatic rings. The minimum absolute atomic E-state index is 0.459. The zero-order valence-corrected chi connectivity index (χ0v) is 14.4. The van der Waals surface area contributed by atoms with Crippen LogP contribution in [-0.2, 0) is 6.54 Å². The Kier molecular flexibility index (Phi) is 5.12. The van der Waals surface area contributed by atoms with Crippen LogP contribution in [0, 0.1) is 6.92 Å². The van der Waals surface area contributed by atoms with Gasteiger partial charge in [0.25, 0.3) is 0 Å². The van der Waals surface area contributed by atoms with Gasteiger partial charge in [0.1, 0.15) is 5.01 Å². The molecule has 0 saturated heterocycles. The van der Waals surface area contributed by atoms with E-state index in [1.807, 2.05) is 0 Å². The molecule has 0 radical (unpaired) electrons. The van der Waals surface area contributed by atoms with Crippen LogP contribution in [-0.4, -0.2) is 35.0 Å². The molecule has 2 heterocycles. The second-order valence-electron chi connectivity index (χ2n) is 5.25. The minimum Gasteiger partial charge on any atom is -0.359 e. The number of aryl methyl sites for hydroxylation is 1. The molecule has 110 valence electrons. The van der Waals surface area contributed by atoms with E-state index in [0.717, 1.165) is 34.5 Å². The molecule has 6 heteroatoms. The number of nitrogens with zero attached hydrogens (tertiary/aromatic N) is 3. The van der Waals surface area contributed by atoms with Gasteiger partial charge in [0.15, 0.2) is 5.13 Å². The largest absolute Gasteiger partial charge is 0.359 e. The minimum atomic E-state index is 0.459. The maximum absolute atomic E-state index is 4.69. The van der Waals surface area contributed by atoms with Gasteiger partial charge in [0, 0.05) is 18.0 Å². The second kappa shape index (κ2) is 6.65. The summed E-state index contributed by atoms with van der Waals surface area (Å²) < 4.78 is 0. The molecule has 0 bridgehead atoms. The average molecular weight is 310 g/mol. The van der Waals surface area contributed by atoms with E-state index < -0.39 is 0 Å². The maximum atomic E-state index is 4.69. The molecule has 1 atom stereocenters. The summed E-state index contributed by atoms with van der Waals surface area (Å²) in [6, 6.07) is 0.459. The van der Waals surface area contributed by atoms with Gasteiger partial charge < -0.3 is 10.2 Å². The van der Waals surface area contributed by atoms with Gasteiger partial charge in [0.2, 0.25) is 0 Å². The molecule has 0 aromatic carbocycles. The lowest BCUT2D eigenvalue weighted by atomic mass is 10.3. The standard InChI is InChI=1S/C14H22N4S2/c1-6-9(2)15-14-17-11(8-19-14)13-10(3)16-12(20-13)7-18(4)5/h8-9H,6-7H2,1-5H3,(H,15,17). The van der Waals surface area contributed by atoms with Crippen molar-refractivity contribution in [2.75, 3.05) is 19.4 Å². The Labute approximate surface area is 128 Å². The topological polar surface area (TPSA) is 41.1 Å². The van der Waals surface area contributed by atoms with Crippen LogP contribution in [0.5, 0.6) is 0 Å². The average Bonchev–Trinajstić information content (AvgIpc) is 2.95. The van der Waals surface area contributed by atoms with Crippen molar-refractivity contribution in [2.24, 2.45) is 0 Å². The third-order valence-corrected chi connectivity index (χ3v) is 4.95. The van der Waals surface area contributed by atoms with Crippen LogP contribution < -0.4 is 5.32 Å². The lowest BCUT2D eigenvalue weighted by molar-refractivity contribution is 0.401. The highest BCUT2D eigenvalue weighted by atomic mass is 32.1. The summed E-state index contributed by atoms with van der Waals surface area (Å²) >= 11 is 3.41. The van der Waals surface area contributed by atoms with Gasteiger partial charge in [-0.05, 0) is 34.4 Å². The molecule has 1 N–H and O–H groups in total. The molecule has 1 unspecified atom stereocenters. The van der Waals surface area contributed by atoms with Gasteiger partial charge in [-0.3, -0.25) is 0 Å². The summed E-state index contributed by atoms with van der Waals surface area (Å²) in [5, 5.41) is 7.68. The summed E-state index contributed by atoms with van der Waals surface area (Å²) in [7, 11) is 4.13. The maximum Gasteiger partial charge on any atom is 0.183 e. The molecule has 20 heavy (non-hydrogen) atoms. The summed E-state index contributed by atoms with van der Waals surface area (Å²) in [5.41, 5.74) is 2.12. The van der Waals surface area contributed by atoms with Crippen LogP contribution in [0.1, 0.15) is 31.0 Å². The normalized spacial score (nSPS) is 12.9. The Bertz CT molecular complexity index is 559. The molecule has 0 amide bonds. The van der Waals surface area contributed by atoms with Gasteiger partial charge in [-0.25, -0.2) is 9.97 Å². The molecule has 2 aromatic heterocycles.